The topological polar surface area (TPSA) is 17.1 Å². The Labute approximate surface area is 144 Å². The summed E-state index contributed by atoms with van der Waals surface area (Å²) in [5.74, 6) is 0.178. The van der Waals surface area contributed by atoms with Gasteiger partial charge in [0, 0.05) is 0 Å². The molecule has 0 aliphatic heterocycles. The summed E-state index contributed by atoms with van der Waals surface area (Å²) in [6.45, 7) is 12.2. The van der Waals surface area contributed by atoms with Crippen molar-refractivity contribution in [3.05, 3.63) is 82.9 Å². The van der Waals surface area contributed by atoms with Gasteiger partial charge in [0.25, 0.3) is 0 Å². The Morgan fingerprint density at radius 3 is 2.38 bits per heavy atom. The molecule has 1 aliphatic carbocycles. The zero-order chi connectivity index (χ0) is 17.4. The van der Waals surface area contributed by atoms with Gasteiger partial charge in [-0.1, -0.05) is 0 Å². The minimum atomic E-state index is 0.178. The van der Waals surface area contributed by atoms with Crippen LogP contribution < -0.4 is 0 Å². The SMILES string of the molecule is B=C(C)c1ccc(Cc2ccc3c(c2)C(=C)CC3=O)cc1C(=C)C. The Morgan fingerprint density at radius 1 is 1.04 bits per heavy atom. The number of fused-ring (bicyclic) bond motifs is 1. The molecule has 118 valence electrons. The van der Waals surface area contributed by atoms with Crippen LogP contribution in [0.2, 0.25) is 0 Å². The van der Waals surface area contributed by atoms with Crippen molar-refractivity contribution in [2.45, 2.75) is 26.7 Å². The fourth-order valence-corrected chi connectivity index (χ4v) is 3.28. The number of benzene rings is 2. The van der Waals surface area contributed by atoms with Crippen LogP contribution in [0.3, 0.4) is 0 Å². The summed E-state index contributed by atoms with van der Waals surface area (Å²) in [5, 5.41) is 0. The Kier molecular flexibility index (Phi) is 4.23. The molecular weight excluding hydrogens is 291 g/mol. The molecule has 0 N–H and O–H groups in total. The quantitative estimate of drug-likeness (QED) is 0.767. The van der Waals surface area contributed by atoms with Crippen molar-refractivity contribution < 1.29 is 4.79 Å². The van der Waals surface area contributed by atoms with Crippen LogP contribution >= 0.6 is 0 Å². The van der Waals surface area contributed by atoms with Crippen LogP contribution in [0.15, 0.2) is 49.6 Å². The molecule has 1 nitrogen and oxygen atoms in total. The van der Waals surface area contributed by atoms with Crippen LogP contribution in [-0.2, 0) is 6.42 Å². The Bertz CT molecular complexity index is 902. The standard InChI is InChI=1S/C22H21BO/c1-13(2)20-11-16(5-7-18(20)15(4)23)10-17-6-8-19-21(12-17)14(3)9-22(19)24/h5-8,11-12,23H,1,3,9-10H2,2,4H3. The molecule has 0 aromatic heterocycles. The molecule has 1 aliphatic rings. The monoisotopic (exact) mass is 312 g/mol. The molecule has 3 rings (SSSR count). The Hall–Kier alpha value is -2.48. The first-order valence-electron chi connectivity index (χ1n) is 8.16. The van der Waals surface area contributed by atoms with Gasteiger partial charge in [0.15, 0.2) is 0 Å². The minimum absolute atomic E-state index is 0.178. The van der Waals surface area contributed by atoms with Crippen molar-refractivity contribution in [2.75, 3.05) is 0 Å². The van der Waals surface area contributed by atoms with E-state index in [4.69, 9.17) is 0 Å². The number of carbonyl (C=O) groups excluding carboxylic acids is 1. The predicted octanol–water partition coefficient (Wildman–Crippen LogP) is 4.35. The molecule has 0 spiro atoms. The number of rotatable bonds is 4. The Morgan fingerprint density at radius 2 is 1.71 bits per heavy atom. The van der Waals surface area contributed by atoms with E-state index in [9.17, 15) is 4.79 Å². The fraction of sp³-hybridized carbons (Fsp3) is 0.182. The second kappa shape index (κ2) is 6.20. The van der Waals surface area contributed by atoms with E-state index in [1.165, 1.54) is 11.1 Å². The zero-order valence-corrected chi connectivity index (χ0v) is 14.4. The van der Waals surface area contributed by atoms with Crippen LogP contribution in [0.5, 0.6) is 0 Å². The van der Waals surface area contributed by atoms with Crippen LogP contribution in [0.1, 0.15) is 58.4 Å². The average molecular weight is 312 g/mol. The number of ketones is 1. The second-order valence-corrected chi connectivity index (χ2v) is 6.70. The van der Waals surface area contributed by atoms with Crippen LogP contribution in [0, 0.1) is 0 Å². The first kappa shape index (κ1) is 16.4. The van der Waals surface area contributed by atoms with E-state index in [2.05, 4.69) is 44.9 Å². The summed E-state index contributed by atoms with van der Waals surface area (Å²) in [7, 11) is 4.05. The van der Waals surface area contributed by atoms with Crippen LogP contribution in [0.25, 0.3) is 11.1 Å². The van der Waals surface area contributed by atoms with Crippen LogP contribution in [0.4, 0.5) is 0 Å². The Balaban J connectivity index is 1.95. The number of hydrogen-bond donors (Lipinski definition) is 0. The molecular formula is C22H21BO. The van der Waals surface area contributed by atoms with Gasteiger partial charge >= 0.3 is 144 Å². The third-order valence-corrected chi connectivity index (χ3v) is 4.55. The van der Waals surface area contributed by atoms with E-state index in [1.807, 2.05) is 26.0 Å². The van der Waals surface area contributed by atoms with Crippen molar-refractivity contribution in [1.29, 1.82) is 0 Å². The van der Waals surface area contributed by atoms with E-state index in [-0.39, 0.29) is 5.78 Å². The van der Waals surface area contributed by atoms with Crippen molar-refractivity contribution in [3.63, 3.8) is 0 Å². The summed E-state index contributed by atoms with van der Waals surface area (Å²) in [6.07, 6.45) is 1.28. The summed E-state index contributed by atoms with van der Waals surface area (Å²) in [5.41, 5.74) is 9.57. The van der Waals surface area contributed by atoms with Gasteiger partial charge in [-0.15, -0.1) is 0 Å². The van der Waals surface area contributed by atoms with E-state index >= 15 is 0 Å². The van der Waals surface area contributed by atoms with Crippen molar-refractivity contribution in [1.82, 2.24) is 0 Å². The van der Waals surface area contributed by atoms with Crippen molar-refractivity contribution in [3.8, 4) is 0 Å². The third kappa shape index (κ3) is 2.97. The predicted molar refractivity (Wildman–Crippen MR) is 105 cm³/mol. The number of Topliss-reactive ketones (excluding diaryl/α,β-unsaturated/α-hetero) is 1. The third-order valence-electron chi connectivity index (χ3n) is 4.55. The first-order chi connectivity index (χ1) is 11.4. The molecule has 2 aromatic rings. The van der Waals surface area contributed by atoms with Gasteiger partial charge in [-0.3, -0.25) is 0 Å². The van der Waals surface area contributed by atoms with Gasteiger partial charge in [-0.25, -0.2) is 0 Å². The molecule has 0 heterocycles. The summed E-state index contributed by atoms with van der Waals surface area (Å²) < 4.78 is 0. The number of carbonyl (C=O) groups is 1. The molecule has 0 unspecified atom stereocenters. The second-order valence-electron chi connectivity index (χ2n) is 6.70. The molecule has 0 bridgehead atoms. The molecule has 24 heavy (non-hydrogen) atoms. The van der Waals surface area contributed by atoms with Gasteiger partial charge in [0.2, 0.25) is 0 Å². The molecule has 2 heteroatoms. The van der Waals surface area contributed by atoms with E-state index < -0.39 is 0 Å². The molecule has 0 saturated heterocycles. The number of hydrogen-bond acceptors (Lipinski definition) is 1. The van der Waals surface area contributed by atoms with Gasteiger partial charge < -0.3 is 0 Å². The molecule has 0 amide bonds. The van der Waals surface area contributed by atoms with Gasteiger partial charge in [-0.05, 0) is 0 Å². The van der Waals surface area contributed by atoms with Crippen molar-refractivity contribution in [2.24, 2.45) is 0 Å². The fourth-order valence-electron chi connectivity index (χ4n) is 3.28. The van der Waals surface area contributed by atoms with Gasteiger partial charge in [-0.2, -0.15) is 0 Å². The maximum absolute atomic E-state index is 11.9. The van der Waals surface area contributed by atoms with E-state index in [0.717, 1.165) is 45.3 Å². The summed E-state index contributed by atoms with van der Waals surface area (Å²) in [4.78, 5) is 11.9. The molecule has 0 radical (unpaired) electrons. The van der Waals surface area contributed by atoms with E-state index in [1.54, 1.807) is 0 Å². The first-order valence-corrected chi connectivity index (χ1v) is 8.16. The molecule has 0 saturated carbocycles. The average Bonchev–Trinajstić information content (AvgIpc) is 2.81. The normalized spacial score (nSPS) is 13.0. The summed E-state index contributed by atoms with van der Waals surface area (Å²) >= 11 is 0. The van der Waals surface area contributed by atoms with Crippen molar-refractivity contribution >= 4 is 29.9 Å². The number of allylic oxidation sites excluding steroid dienone is 2. The zero-order valence-electron chi connectivity index (χ0n) is 14.4. The van der Waals surface area contributed by atoms with Gasteiger partial charge in [0.05, 0.1) is 0 Å². The molecule has 2 aromatic carbocycles. The van der Waals surface area contributed by atoms with Crippen LogP contribution in [-0.4, -0.2) is 18.7 Å². The molecule has 0 atom stereocenters. The van der Waals surface area contributed by atoms with E-state index in [0.29, 0.717) is 6.42 Å². The molecule has 0 fully saturated rings. The summed E-state index contributed by atoms with van der Waals surface area (Å²) in [6, 6.07) is 12.5. The maximum atomic E-state index is 11.9. The van der Waals surface area contributed by atoms with Gasteiger partial charge in [0.1, 0.15) is 0 Å².